The van der Waals surface area contributed by atoms with Crippen LogP contribution in [0.5, 0.6) is 0 Å². The summed E-state index contributed by atoms with van der Waals surface area (Å²) in [6.45, 7) is 3.20. The van der Waals surface area contributed by atoms with Crippen LogP contribution in [-0.4, -0.2) is 45.2 Å². The second-order valence-electron chi connectivity index (χ2n) is 10.4. The maximum Gasteiger partial charge on any atom is 0.159 e. The largest absolute Gasteiger partial charge is 0.387 e. The summed E-state index contributed by atoms with van der Waals surface area (Å²) in [5.41, 5.74) is -0.620. The van der Waals surface area contributed by atoms with Crippen LogP contribution in [-0.2, 0) is 16.1 Å². The number of aromatic nitrogens is 3. The number of nitrogens with zero attached hydrogens (tertiary/aromatic N) is 3. The standard InChI is InChI=1S/C24H39N3O3/c1-17-6-7-18(23(28)15-27-25-12-13-26-27)4-3-5-22-20(17)9-8-19-14-24(29,16-30-2)11-10-21(19)22/h12-13,17-22,29H,3-11,14-16H2,1-2H3. The average Bonchev–Trinajstić information content (AvgIpc) is 3.24. The molecule has 1 N–H and O–H groups in total. The number of carbonyl (C=O) groups excluding carboxylic acids is 1. The van der Waals surface area contributed by atoms with Crippen molar-refractivity contribution in [3.63, 3.8) is 0 Å². The third-order valence-electron chi connectivity index (χ3n) is 8.58. The monoisotopic (exact) mass is 417 g/mol. The summed E-state index contributed by atoms with van der Waals surface area (Å²) in [6.07, 6.45) is 14.2. The van der Waals surface area contributed by atoms with Gasteiger partial charge in [0.2, 0.25) is 0 Å². The van der Waals surface area contributed by atoms with Crippen LogP contribution in [0.4, 0.5) is 0 Å². The molecule has 7 atom stereocenters. The fraction of sp³-hybridized carbons (Fsp3) is 0.875. The van der Waals surface area contributed by atoms with Crippen molar-refractivity contribution in [3.8, 4) is 0 Å². The molecule has 168 valence electrons. The Kier molecular flexibility index (Phi) is 6.93. The molecule has 0 radical (unpaired) electrons. The summed E-state index contributed by atoms with van der Waals surface area (Å²) in [5, 5.41) is 19.2. The molecule has 0 aliphatic heterocycles. The lowest BCUT2D eigenvalue weighted by Gasteiger charge is -2.51. The molecule has 3 saturated carbocycles. The van der Waals surface area contributed by atoms with E-state index < -0.39 is 5.60 Å². The van der Waals surface area contributed by atoms with Crippen molar-refractivity contribution in [1.82, 2.24) is 15.0 Å². The second kappa shape index (κ2) is 9.47. The van der Waals surface area contributed by atoms with Gasteiger partial charge in [-0.1, -0.05) is 13.3 Å². The highest BCUT2D eigenvalue weighted by Crippen LogP contribution is 2.53. The van der Waals surface area contributed by atoms with Gasteiger partial charge in [0.25, 0.3) is 0 Å². The van der Waals surface area contributed by atoms with Crippen LogP contribution >= 0.6 is 0 Å². The Bertz CT molecular complexity index is 694. The van der Waals surface area contributed by atoms with Crippen LogP contribution < -0.4 is 0 Å². The number of rotatable bonds is 5. The van der Waals surface area contributed by atoms with Gasteiger partial charge in [-0.25, -0.2) is 0 Å². The number of fused-ring (bicyclic) bond motifs is 3. The predicted molar refractivity (Wildman–Crippen MR) is 115 cm³/mol. The summed E-state index contributed by atoms with van der Waals surface area (Å²) in [5.74, 6) is 4.03. The lowest BCUT2D eigenvalue weighted by molar-refractivity contribution is -0.124. The number of Topliss-reactive ketones (excluding diaryl/α,β-unsaturated/α-hetero) is 1. The first-order valence-electron chi connectivity index (χ1n) is 12.1. The minimum absolute atomic E-state index is 0.146. The molecular weight excluding hydrogens is 378 g/mol. The van der Waals surface area contributed by atoms with Crippen molar-refractivity contribution in [3.05, 3.63) is 12.4 Å². The van der Waals surface area contributed by atoms with E-state index in [1.54, 1.807) is 19.5 Å². The summed E-state index contributed by atoms with van der Waals surface area (Å²) < 4.78 is 5.32. The third kappa shape index (κ3) is 4.80. The fourth-order valence-electron chi connectivity index (χ4n) is 7.10. The maximum atomic E-state index is 12.9. The first kappa shape index (κ1) is 21.9. The van der Waals surface area contributed by atoms with Gasteiger partial charge in [0.1, 0.15) is 6.54 Å². The van der Waals surface area contributed by atoms with Gasteiger partial charge in [-0.3, -0.25) is 4.79 Å². The Morgan fingerprint density at radius 3 is 2.63 bits per heavy atom. The van der Waals surface area contributed by atoms with Gasteiger partial charge >= 0.3 is 0 Å². The number of ether oxygens (including phenoxy) is 1. The van der Waals surface area contributed by atoms with Gasteiger partial charge in [0, 0.05) is 13.0 Å². The van der Waals surface area contributed by atoms with Crippen molar-refractivity contribution >= 4 is 5.78 Å². The molecule has 0 aromatic carbocycles. The number of methoxy groups -OCH3 is 1. The normalized spacial score (nSPS) is 39.8. The molecule has 0 saturated heterocycles. The summed E-state index contributed by atoms with van der Waals surface area (Å²) >= 11 is 0. The van der Waals surface area contributed by atoms with Gasteiger partial charge in [-0.05, 0) is 87.4 Å². The molecule has 7 unspecified atom stereocenters. The Balaban J connectivity index is 1.41. The van der Waals surface area contributed by atoms with Crippen LogP contribution in [0.1, 0.15) is 71.1 Å². The van der Waals surface area contributed by atoms with Crippen molar-refractivity contribution in [2.75, 3.05) is 13.7 Å². The van der Waals surface area contributed by atoms with Crippen LogP contribution in [0.25, 0.3) is 0 Å². The maximum absolute atomic E-state index is 12.9. The number of aliphatic hydroxyl groups is 1. The number of hydrogen-bond donors (Lipinski definition) is 1. The van der Waals surface area contributed by atoms with Gasteiger partial charge in [0.15, 0.2) is 5.78 Å². The van der Waals surface area contributed by atoms with Crippen molar-refractivity contribution < 1.29 is 14.6 Å². The highest BCUT2D eigenvalue weighted by atomic mass is 16.5. The molecular formula is C24H39N3O3. The van der Waals surface area contributed by atoms with E-state index >= 15 is 0 Å². The summed E-state index contributed by atoms with van der Waals surface area (Å²) in [7, 11) is 1.70. The highest BCUT2D eigenvalue weighted by molar-refractivity contribution is 5.80. The molecule has 0 amide bonds. The topological polar surface area (TPSA) is 77.2 Å². The fourth-order valence-corrected chi connectivity index (χ4v) is 7.10. The molecule has 0 spiro atoms. The van der Waals surface area contributed by atoms with E-state index in [0.717, 1.165) is 62.7 Å². The summed E-state index contributed by atoms with van der Waals surface area (Å²) in [4.78, 5) is 14.4. The van der Waals surface area contributed by atoms with E-state index in [9.17, 15) is 9.90 Å². The van der Waals surface area contributed by atoms with E-state index in [0.29, 0.717) is 30.8 Å². The van der Waals surface area contributed by atoms with Crippen molar-refractivity contribution in [2.45, 2.75) is 83.3 Å². The molecule has 30 heavy (non-hydrogen) atoms. The average molecular weight is 418 g/mol. The molecule has 3 aliphatic carbocycles. The smallest absolute Gasteiger partial charge is 0.159 e. The highest BCUT2D eigenvalue weighted by Gasteiger charge is 2.47. The Morgan fingerprint density at radius 2 is 1.87 bits per heavy atom. The van der Waals surface area contributed by atoms with Crippen molar-refractivity contribution in [2.24, 2.45) is 35.5 Å². The van der Waals surface area contributed by atoms with Crippen molar-refractivity contribution in [1.29, 1.82) is 0 Å². The molecule has 6 nitrogen and oxygen atoms in total. The lowest BCUT2D eigenvalue weighted by atomic mass is 9.56. The Labute approximate surface area is 180 Å². The summed E-state index contributed by atoms with van der Waals surface area (Å²) in [6, 6.07) is 0. The van der Waals surface area contributed by atoms with Gasteiger partial charge in [0.05, 0.1) is 24.6 Å². The van der Waals surface area contributed by atoms with E-state index in [2.05, 4.69) is 17.1 Å². The minimum atomic E-state index is -0.620. The van der Waals surface area contributed by atoms with Crippen LogP contribution in [0.3, 0.4) is 0 Å². The number of carbonyl (C=O) groups is 1. The first-order valence-corrected chi connectivity index (χ1v) is 12.1. The molecule has 1 heterocycles. The molecule has 1 aromatic rings. The SMILES string of the molecule is COCC1(O)CCC2C(CCC3C(C)CCC(C(=O)Cn4nccn4)CCCC32)C1. The molecule has 6 heteroatoms. The van der Waals surface area contributed by atoms with Gasteiger partial charge < -0.3 is 9.84 Å². The quantitative estimate of drug-likeness (QED) is 0.787. The van der Waals surface area contributed by atoms with E-state index in [1.165, 1.54) is 24.1 Å². The molecule has 3 fully saturated rings. The second-order valence-corrected chi connectivity index (χ2v) is 10.4. The van der Waals surface area contributed by atoms with Crippen LogP contribution in [0, 0.1) is 35.5 Å². The number of hydrogen-bond acceptors (Lipinski definition) is 5. The first-order chi connectivity index (χ1) is 14.5. The zero-order valence-corrected chi connectivity index (χ0v) is 18.7. The number of ketones is 1. The molecule has 0 bridgehead atoms. The van der Waals surface area contributed by atoms with Gasteiger partial charge in [-0.15, -0.1) is 0 Å². The Hall–Kier alpha value is -1.27. The van der Waals surface area contributed by atoms with Gasteiger partial charge in [-0.2, -0.15) is 15.0 Å². The van der Waals surface area contributed by atoms with E-state index in [1.807, 2.05) is 0 Å². The van der Waals surface area contributed by atoms with E-state index in [4.69, 9.17) is 4.74 Å². The van der Waals surface area contributed by atoms with Crippen LogP contribution in [0.15, 0.2) is 12.4 Å². The lowest BCUT2D eigenvalue weighted by Crippen LogP contribution is -2.48. The predicted octanol–water partition coefficient (Wildman–Crippen LogP) is 3.88. The van der Waals surface area contributed by atoms with Crippen LogP contribution in [0.2, 0.25) is 0 Å². The molecule has 1 aromatic heterocycles. The minimum Gasteiger partial charge on any atom is -0.387 e. The molecule has 3 aliphatic rings. The molecule has 4 rings (SSSR count). The zero-order valence-electron chi connectivity index (χ0n) is 18.7. The third-order valence-corrected chi connectivity index (χ3v) is 8.58. The zero-order chi connectivity index (χ0) is 21.1. The Morgan fingerprint density at radius 1 is 1.07 bits per heavy atom. The van der Waals surface area contributed by atoms with E-state index in [-0.39, 0.29) is 5.92 Å².